The fourth-order valence-electron chi connectivity index (χ4n) is 3.34. The van der Waals surface area contributed by atoms with Gasteiger partial charge < -0.3 is 11.1 Å². The lowest BCUT2D eigenvalue weighted by molar-refractivity contribution is 0.410. The third-order valence-corrected chi connectivity index (χ3v) is 4.46. The van der Waals surface area contributed by atoms with Crippen molar-refractivity contribution >= 4 is 5.82 Å². The Bertz CT molecular complexity index is 616. The maximum absolute atomic E-state index is 6.18. The Morgan fingerprint density at radius 1 is 1.33 bits per heavy atom. The molecule has 3 nitrogen and oxygen atoms in total. The molecular weight excluding hydrogens is 258 g/mol. The van der Waals surface area contributed by atoms with Crippen LogP contribution in [0.3, 0.4) is 0 Å². The highest BCUT2D eigenvalue weighted by Gasteiger charge is 2.35. The molecule has 1 heterocycles. The van der Waals surface area contributed by atoms with Gasteiger partial charge in [0.2, 0.25) is 0 Å². The molecule has 1 aromatic heterocycles. The quantitative estimate of drug-likeness (QED) is 0.883. The minimum atomic E-state index is 0.258. The number of nitrogens with zero attached hydrogens (tertiary/aromatic N) is 1. The van der Waals surface area contributed by atoms with Gasteiger partial charge in [-0.2, -0.15) is 0 Å². The van der Waals surface area contributed by atoms with Gasteiger partial charge in [-0.1, -0.05) is 31.2 Å². The molecule has 110 valence electrons. The van der Waals surface area contributed by atoms with E-state index in [1.165, 1.54) is 22.3 Å². The Labute approximate surface area is 126 Å². The predicted molar refractivity (Wildman–Crippen MR) is 87.3 cm³/mol. The summed E-state index contributed by atoms with van der Waals surface area (Å²) in [6.07, 6.45) is 4.02. The van der Waals surface area contributed by atoms with E-state index in [0.29, 0.717) is 11.7 Å². The van der Waals surface area contributed by atoms with E-state index in [1.54, 1.807) is 6.20 Å². The second kappa shape index (κ2) is 5.86. The number of anilines is 1. The summed E-state index contributed by atoms with van der Waals surface area (Å²) in [6.45, 7) is 5.31. The molecule has 2 atom stereocenters. The molecule has 0 spiro atoms. The average molecular weight is 281 g/mol. The van der Waals surface area contributed by atoms with Crippen molar-refractivity contribution < 1.29 is 0 Å². The van der Waals surface area contributed by atoms with Crippen LogP contribution in [0.5, 0.6) is 0 Å². The molecule has 0 saturated carbocycles. The van der Waals surface area contributed by atoms with Gasteiger partial charge >= 0.3 is 0 Å². The minimum absolute atomic E-state index is 0.258. The van der Waals surface area contributed by atoms with Crippen LogP contribution in [0.1, 0.15) is 47.6 Å². The van der Waals surface area contributed by atoms with E-state index >= 15 is 0 Å². The zero-order valence-corrected chi connectivity index (χ0v) is 12.8. The molecule has 3 heteroatoms. The molecule has 1 aliphatic rings. The van der Waals surface area contributed by atoms with Crippen LogP contribution in [-0.2, 0) is 6.42 Å². The fraction of sp³-hybridized carbons (Fsp3) is 0.389. The lowest BCUT2D eigenvalue weighted by atomic mass is 9.71. The number of hydrogen-bond acceptors (Lipinski definition) is 3. The minimum Gasteiger partial charge on any atom is -0.383 e. The van der Waals surface area contributed by atoms with Gasteiger partial charge in [-0.3, -0.25) is 0 Å². The Balaban J connectivity index is 1.96. The van der Waals surface area contributed by atoms with Crippen LogP contribution >= 0.6 is 0 Å². The molecule has 2 aromatic rings. The Morgan fingerprint density at radius 3 is 2.86 bits per heavy atom. The molecule has 0 bridgehead atoms. The lowest BCUT2D eigenvalue weighted by Crippen LogP contribution is -2.34. The highest BCUT2D eigenvalue weighted by Crippen LogP contribution is 2.45. The fourth-order valence-corrected chi connectivity index (χ4v) is 3.34. The zero-order chi connectivity index (χ0) is 14.8. The molecule has 0 aliphatic heterocycles. The summed E-state index contributed by atoms with van der Waals surface area (Å²) in [6, 6.07) is 11.0. The maximum atomic E-state index is 6.18. The van der Waals surface area contributed by atoms with Crippen LogP contribution < -0.4 is 11.1 Å². The van der Waals surface area contributed by atoms with E-state index in [4.69, 9.17) is 5.73 Å². The van der Waals surface area contributed by atoms with E-state index in [1.807, 2.05) is 0 Å². The van der Waals surface area contributed by atoms with E-state index in [9.17, 15) is 0 Å². The molecule has 0 fully saturated rings. The van der Waals surface area contributed by atoms with E-state index in [-0.39, 0.29) is 6.04 Å². The number of nitrogens with one attached hydrogen (secondary N) is 1. The van der Waals surface area contributed by atoms with Crippen LogP contribution in [0.15, 0.2) is 36.5 Å². The van der Waals surface area contributed by atoms with Crippen molar-refractivity contribution in [3.05, 3.63) is 58.8 Å². The van der Waals surface area contributed by atoms with Gasteiger partial charge in [0.05, 0.1) is 0 Å². The topological polar surface area (TPSA) is 50.9 Å². The van der Waals surface area contributed by atoms with Crippen molar-refractivity contribution in [2.24, 2.45) is 0 Å². The largest absolute Gasteiger partial charge is 0.383 e. The molecule has 0 saturated heterocycles. The number of aryl methyl sites for hydroxylation is 1. The smallest absolute Gasteiger partial charge is 0.128 e. The first-order valence-corrected chi connectivity index (χ1v) is 7.74. The summed E-state index contributed by atoms with van der Waals surface area (Å²) in [5.41, 5.74) is 11.5. The first kappa shape index (κ1) is 14.1. The SMILES string of the molecule is CCCNC(c1c(C)ccnc1N)C1Cc2ccccc21. The van der Waals surface area contributed by atoms with E-state index in [2.05, 4.69) is 54.5 Å². The number of aromatic nitrogens is 1. The van der Waals surface area contributed by atoms with Crippen LogP contribution in [0, 0.1) is 6.92 Å². The number of pyridine rings is 1. The highest BCUT2D eigenvalue weighted by atomic mass is 14.9. The standard InChI is InChI=1S/C18H23N3/c1-3-9-20-17(16-12(2)8-10-21-18(16)19)15-11-13-6-4-5-7-14(13)15/h4-8,10,15,17,20H,3,9,11H2,1-2H3,(H2,19,21). The Morgan fingerprint density at radius 2 is 2.14 bits per heavy atom. The first-order valence-electron chi connectivity index (χ1n) is 7.74. The molecule has 3 N–H and O–H groups in total. The third kappa shape index (κ3) is 2.54. The van der Waals surface area contributed by atoms with E-state index in [0.717, 1.165) is 19.4 Å². The summed E-state index contributed by atoms with van der Waals surface area (Å²) in [4.78, 5) is 4.30. The third-order valence-electron chi connectivity index (χ3n) is 4.46. The second-order valence-corrected chi connectivity index (χ2v) is 5.87. The van der Waals surface area contributed by atoms with Crippen molar-refractivity contribution in [3.63, 3.8) is 0 Å². The molecule has 1 aromatic carbocycles. The number of nitrogens with two attached hydrogens (primary N) is 1. The summed E-state index contributed by atoms with van der Waals surface area (Å²) >= 11 is 0. The first-order chi connectivity index (χ1) is 10.2. The van der Waals surface area contributed by atoms with Gasteiger partial charge in [0.25, 0.3) is 0 Å². The molecule has 21 heavy (non-hydrogen) atoms. The van der Waals surface area contributed by atoms with Crippen molar-refractivity contribution in [3.8, 4) is 0 Å². The van der Waals surface area contributed by atoms with Gasteiger partial charge in [0.15, 0.2) is 0 Å². The van der Waals surface area contributed by atoms with Crippen LogP contribution in [-0.4, -0.2) is 11.5 Å². The monoisotopic (exact) mass is 281 g/mol. The number of benzene rings is 1. The lowest BCUT2D eigenvalue weighted by Gasteiger charge is -2.38. The zero-order valence-electron chi connectivity index (χ0n) is 12.8. The van der Waals surface area contributed by atoms with Gasteiger partial charge in [-0.25, -0.2) is 4.98 Å². The predicted octanol–water partition coefficient (Wildman–Crippen LogP) is 3.35. The molecule has 0 radical (unpaired) electrons. The Hall–Kier alpha value is -1.87. The van der Waals surface area contributed by atoms with Gasteiger partial charge in [-0.05, 0) is 49.1 Å². The number of hydrogen-bond donors (Lipinski definition) is 2. The van der Waals surface area contributed by atoms with Gasteiger partial charge in [0, 0.05) is 23.7 Å². The van der Waals surface area contributed by atoms with Crippen molar-refractivity contribution in [1.29, 1.82) is 0 Å². The highest BCUT2D eigenvalue weighted by molar-refractivity contribution is 5.51. The summed E-state index contributed by atoms with van der Waals surface area (Å²) in [5, 5.41) is 3.69. The maximum Gasteiger partial charge on any atom is 0.128 e. The summed E-state index contributed by atoms with van der Waals surface area (Å²) in [7, 11) is 0. The number of rotatable bonds is 5. The van der Waals surface area contributed by atoms with Crippen molar-refractivity contribution in [2.45, 2.75) is 38.6 Å². The normalized spacial score (nSPS) is 17.9. The van der Waals surface area contributed by atoms with Crippen molar-refractivity contribution in [1.82, 2.24) is 10.3 Å². The van der Waals surface area contributed by atoms with Gasteiger partial charge in [-0.15, -0.1) is 0 Å². The number of fused-ring (bicyclic) bond motifs is 1. The Kier molecular flexibility index (Phi) is 3.93. The molecule has 3 rings (SSSR count). The summed E-state index contributed by atoms with van der Waals surface area (Å²) < 4.78 is 0. The van der Waals surface area contributed by atoms with Crippen LogP contribution in [0.4, 0.5) is 5.82 Å². The molecule has 2 unspecified atom stereocenters. The van der Waals surface area contributed by atoms with Gasteiger partial charge in [0.1, 0.15) is 5.82 Å². The molecule has 1 aliphatic carbocycles. The van der Waals surface area contributed by atoms with Crippen molar-refractivity contribution in [2.75, 3.05) is 12.3 Å². The number of nitrogen functional groups attached to an aromatic ring is 1. The van der Waals surface area contributed by atoms with Crippen LogP contribution in [0.25, 0.3) is 0 Å². The molecular formula is C18H23N3. The average Bonchev–Trinajstić information content (AvgIpc) is 2.45. The van der Waals surface area contributed by atoms with E-state index < -0.39 is 0 Å². The molecule has 0 amide bonds. The second-order valence-electron chi connectivity index (χ2n) is 5.87. The van der Waals surface area contributed by atoms with Crippen LogP contribution in [0.2, 0.25) is 0 Å². The summed E-state index contributed by atoms with van der Waals surface area (Å²) in [5.74, 6) is 1.16.